The third-order valence-electron chi connectivity index (χ3n) is 2.84. The number of hydrogen-bond acceptors (Lipinski definition) is 2. The van der Waals surface area contributed by atoms with Gasteiger partial charge >= 0.3 is 0 Å². The molecule has 0 amide bonds. The number of rotatable bonds is 3. The topological polar surface area (TPSA) is 26.3 Å². The zero-order valence-corrected chi connectivity index (χ0v) is 9.48. The molecule has 1 atom stereocenters. The zero-order chi connectivity index (χ0) is 11.4. The molecule has 1 aliphatic carbocycles. The number of hydrogen-bond donors (Lipinski definition) is 0. The molecular weight excluding hydrogens is 200 g/mol. The standard InChI is InChI=1S/C14H16O2/c1-11-9-13(15)7-8-14(11)16-10-12-5-3-2-4-6-12/h2-6,9,14H,7-8,10H2,1H3/t14-/m0/s1. The summed E-state index contributed by atoms with van der Waals surface area (Å²) in [4.78, 5) is 11.2. The number of carbonyl (C=O) groups excluding carboxylic acids is 1. The van der Waals surface area contributed by atoms with E-state index >= 15 is 0 Å². The van der Waals surface area contributed by atoms with Crippen LogP contribution in [0.1, 0.15) is 25.3 Å². The summed E-state index contributed by atoms with van der Waals surface area (Å²) in [6.45, 7) is 2.58. The van der Waals surface area contributed by atoms with E-state index in [1.165, 1.54) is 5.56 Å². The Balaban J connectivity index is 1.92. The van der Waals surface area contributed by atoms with Crippen LogP contribution in [-0.4, -0.2) is 11.9 Å². The van der Waals surface area contributed by atoms with E-state index in [-0.39, 0.29) is 11.9 Å². The zero-order valence-electron chi connectivity index (χ0n) is 9.48. The average Bonchev–Trinajstić information content (AvgIpc) is 2.29. The molecule has 0 saturated heterocycles. The van der Waals surface area contributed by atoms with Gasteiger partial charge in [-0.25, -0.2) is 0 Å². The van der Waals surface area contributed by atoms with Crippen LogP contribution >= 0.6 is 0 Å². The maximum absolute atomic E-state index is 11.2. The third kappa shape index (κ3) is 2.80. The molecule has 0 fully saturated rings. The van der Waals surface area contributed by atoms with Crippen molar-refractivity contribution in [3.05, 3.63) is 47.5 Å². The van der Waals surface area contributed by atoms with Crippen LogP contribution in [0.2, 0.25) is 0 Å². The van der Waals surface area contributed by atoms with Crippen LogP contribution < -0.4 is 0 Å². The molecule has 2 nitrogen and oxygen atoms in total. The molecule has 2 heteroatoms. The van der Waals surface area contributed by atoms with Crippen molar-refractivity contribution in [1.82, 2.24) is 0 Å². The Morgan fingerprint density at radius 2 is 2.06 bits per heavy atom. The summed E-state index contributed by atoms with van der Waals surface area (Å²) in [6, 6.07) is 10.1. The summed E-state index contributed by atoms with van der Waals surface area (Å²) in [5, 5.41) is 0. The summed E-state index contributed by atoms with van der Waals surface area (Å²) in [7, 11) is 0. The van der Waals surface area contributed by atoms with Gasteiger partial charge in [0.05, 0.1) is 12.7 Å². The van der Waals surface area contributed by atoms with Crippen LogP contribution in [0.5, 0.6) is 0 Å². The van der Waals surface area contributed by atoms with Crippen molar-refractivity contribution in [2.24, 2.45) is 0 Å². The molecule has 0 unspecified atom stereocenters. The minimum Gasteiger partial charge on any atom is -0.369 e. The fraction of sp³-hybridized carbons (Fsp3) is 0.357. The second kappa shape index (κ2) is 5.08. The fourth-order valence-electron chi connectivity index (χ4n) is 1.91. The first kappa shape index (κ1) is 11.1. The lowest BCUT2D eigenvalue weighted by Gasteiger charge is -2.21. The van der Waals surface area contributed by atoms with Crippen LogP contribution in [0.4, 0.5) is 0 Å². The van der Waals surface area contributed by atoms with Crippen molar-refractivity contribution in [2.75, 3.05) is 0 Å². The Bertz CT molecular complexity index is 392. The average molecular weight is 216 g/mol. The lowest BCUT2D eigenvalue weighted by Crippen LogP contribution is -2.20. The van der Waals surface area contributed by atoms with Crippen molar-refractivity contribution >= 4 is 5.78 Å². The molecule has 0 aliphatic heterocycles. The van der Waals surface area contributed by atoms with E-state index in [0.29, 0.717) is 13.0 Å². The highest BCUT2D eigenvalue weighted by Crippen LogP contribution is 2.20. The SMILES string of the molecule is CC1=CC(=O)CC[C@@H]1OCc1ccccc1. The Labute approximate surface area is 95.9 Å². The van der Waals surface area contributed by atoms with Gasteiger partial charge in [0.25, 0.3) is 0 Å². The molecular formula is C14H16O2. The minimum atomic E-state index is 0.109. The Kier molecular flexibility index (Phi) is 3.52. The summed E-state index contributed by atoms with van der Waals surface area (Å²) in [5.74, 6) is 0.220. The normalized spacial score (nSPS) is 20.7. The van der Waals surface area contributed by atoms with E-state index in [2.05, 4.69) is 0 Å². The molecule has 0 saturated carbocycles. The Morgan fingerprint density at radius 3 is 2.75 bits per heavy atom. The predicted octanol–water partition coefficient (Wildman–Crippen LogP) is 2.88. The highest BCUT2D eigenvalue weighted by molar-refractivity contribution is 5.91. The first-order chi connectivity index (χ1) is 7.75. The van der Waals surface area contributed by atoms with Crippen LogP contribution in [0, 0.1) is 0 Å². The lowest BCUT2D eigenvalue weighted by atomic mass is 9.97. The largest absolute Gasteiger partial charge is 0.369 e. The van der Waals surface area contributed by atoms with E-state index < -0.39 is 0 Å². The Hall–Kier alpha value is -1.41. The lowest BCUT2D eigenvalue weighted by molar-refractivity contribution is -0.116. The van der Waals surface area contributed by atoms with Crippen LogP contribution in [-0.2, 0) is 16.1 Å². The smallest absolute Gasteiger partial charge is 0.155 e. The monoisotopic (exact) mass is 216 g/mol. The van der Waals surface area contributed by atoms with E-state index in [9.17, 15) is 4.79 Å². The van der Waals surface area contributed by atoms with Gasteiger partial charge in [0, 0.05) is 6.42 Å². The second-order valence-corrected chi connectivity index (χ2v) is 4.18. The summed E-state index contributed by atoms with van der Waals surface area (Å²) in [5.41, 5.74) is 2.22. The molecule has 84 valence electrons. The molecule has 0 radical (unpaired) electrons. The van der Waals surface area contributed by atoms with Crippen molar-refractivity contribution in [2.45, 2.75) is 32.5 Å². The van der Waals surface area contributed by atoms with Gasteiger partial charge in [0.2, 0.25) is 0 Å². The molecule has 0 spiro atoms. The van der Waals surface area contributed by atoms with Gasteiger partial charge in [-0.2, -0.15) is 0 Å². The van der Waals surface area contributed by atoms with Crippen molar-refractivity contribution < 1.29 is 9.53 Å². The first-order valence-electron chi connectivity index (χ1n) is 5.62. The molecule has 1 aromatic rings. The summed E-state index contributed by atoms with van der Waals surface area (Å²) in [6.07, 6.45) is 3.24. The molecule has 1 aromatic carbocycles. The van der Waals surface area contributed by atoms with Crippen molar-refractivity contribution in [1.29, 1.82) is 0 Å². The second-order valence-electron chi connectivity index (χ2n) is 4.18. The Morgan fingerprint density at radius 1 is 1.31 bits per heavy atom. The molecule has 1 aliphatic rings. The maximum atomic E-state index is 11.2. The number of ether oxygens (including phenoxy) is 1. The predicted molar refractivity (Wildman–Crippen MR) is 63.0 cm³/mol. The molecule has 0 heterocycles. The van der Waals surface area contributed by atoms with Gasteiger partial charge in [-0.1, -0.05) is 30.3 Å². The fourth-order valence-corrected chi connectivity index (χ4v) is 1.91. The molecule has 2 rings (SSSR count). The van der Waals surface area contributed by atoms with Crippen molar-refractivity contribution in [3.63, 3.8) is 0 Å². The van der Waals surface area contributed by atoms with E-state index in [1.54, 1.807) is 6.08 Å². The number of allylic oxidation sites excluding steroid dienone is 1. The number of ketones is 1. The highest BCUT2D eigenvalue weighted by atomic mass is 16.5. The number of carbonyl (C=O) groups is 1. The van der Waals surface area contributed by atoms with Gasteiger partial charge in [-0.15, -0.1) is 0 Å². The molecule has 0 aromatic heterocycles. The van der Waals surface area contributed by atoms with E-state index in [4.69, 9.17) is 4.74 Å². The van der Waals surface area contributed by atoms with Crippen molar-refractivity contribution in [3.8, 4) is 0 Å². The molecule has 0 N–H and O–H groups in total. The van der Waals surface area contributed by atoms with E-state index in [0.717, 1.165) is 12.0 Å². The quantitative estimate of drug-likeness (QED) is 0.776. The van der Waals surface area contributed by atoms with Gasteiger partial charge in [-0.3, -0.25) is 4.79 Å². The summed E-state index contributed by atoms with van der Waals surface area (Å²) >= 11 is 0. The third-order valence-corrected chi connectivity index (χ3v) is 2.84. The number of benzene rings is 1. The highest BCUT2D eigenvalue weighted by Gasteiger charge is 2.18. The van der Waals surface area contributed by atoms with Gasteiger partial charge in [0.1, 0.15) is 0 Å². The van der Waals surface area contributed by atoms with Crippen LogP contribution in [0.25, 0.3) is 0 Å². The molecule has 0 bridgehead atoms. The maximum Gasteiger partial charge on any atom is 0.155 e. The van der Waals surface area contributed by atoms with Gasteiger partial charge in [0.15, 0.2) is 5.78 Å². The van der Waals surface area contributed by atoms with E-state index in [1.807, 2.05) is 37.3 Å². The minimum absolute atomic E-state index is 0.109. The van der Waals surface area contributed by atoms with Crippen LogP contribution in [0.3, 0.4) is 0 Å². The first-order valence-corrected chi connectivity index (χ1v) is 5.62. The van der Waals surface area contributed by atoms with Gasteiger partial charge < -0.3 is 4.74 Å². The summed E-state index contributed by atoms with van der Waals surface area (Å²) < 4.78 is 5.81. The van der Waals surface area contributed by atoms with Gasteiger partial charge in [-0.05, 0) is 30.6 Å². The van der Waals surface area contributed by atoms with Crippen LogP contribution in [0.15, 0.2) is 42.0 Å². The molecule has 16 heavy (non-hydrogen) atoms.